The Hall–Kier alpha value is -1.55. The number of hydrogen-bond acceptors (Lipinski definition) is 1. The number of aryl methyl sites for hydroxylation is 1. The molecule has 1 nitrogen and oxygen atoms in total. The number of hydrogen-bond donors (Lipinski definition) is 0. The Bertz CT molecular complexity index is 354. The van der Waals surface area contributed by atoms with E-state index in [-0.39, 0.29) is 5.78 Å². The molecular weight excluding hydrogens is 184 g/mol. The number of Topliss-reactive ketones (excluding diaryl/α,β-unsaturated/α-hetero) is 1. The van der Waals surface area contributed by atoms with Crippen LogP contribution in [0.2, 0.25) is 0 Å². The van der Waals surface area contributed by atoms with Crippen LogP contribution in [0.25, 0.3) is 0 Å². The van der Waals surface area contributed by atoms with Gasteiger partial charge in [-0.05, 0) is 18.9 Å². The molecule has 0 aliphatic heterocycles. The maximum atomic E-state index is 11.5. The highest BCUT2D eigenvalue weighted by atomic mass is 16.1. The van der Waals surface area contributed by atoms with Gasteiger partial charge in [0.2, 0.25) is 0 Å². The van der Waals surface area contributed by atoms with E-state index >= 15 is 0 Å². The van der Waals surface area contributed by atoms with Gasteiger partial charge in [-0.3, -0.25) is 4.79 Å². The minimum absolute atomic E-state index is 0.272. The topological polar surface area (TPSA) is 17.1 Å². The zero-order chi connectivity index (χ0) is 11.1. The van der Waals surface area contributed by atoms with Crippen LogP contribution in [-0.4, -0.2) is 5.78 Å². The third kappa shape index (κ3) is 4.46. The monoisotopic (exact) mass is 200 g/mol. The lowest BCUT2D eigenvalue weighted by molar-refractivity contribution is -0.118. The Morgan fingerprint density at radius 1 is 1.33 bits per heavy atom. The van der Waals surface area contributed by atoms with Crippen molar-refractivity contribution in [2.45, 2.75) is 32.6 Å². The molecule has 0 atom stereocenters. The molecule has 0 amide bonds. The van der Waals surface area contributed by atoms with Crippen LogP contribution in [0.3, 0.4) is 0 Å². The molecule has 1 heteroatoms. The van der Waals surface area contributed by atoms with Gasteiger partial charge in [-0.2, -0.15) is 0 Å². The molecule has 0 radical (unpaired) electrons. The summed E-state index contributed by atoms with van der Waals surface area (Å²) in [7, 11) is 0. The van der Waals surface area contributed by atoms with Crippen LogP contribution in [0.5, 0.6) is 0 Å². The first-order valence-corrected chi connectivity index (χ1v) is 5.23. The zero-order valence-corrected chi connectivity index (χ0v) is 9.12. The molecule has 1 aromatic rings. The number of carbonyl (C=O) groups excluding carboxylic acids is 1. The van der Waals surface area contributed by atoms with Crippen molar-refractivity contribution < 1.29 is 4.79 Å². The van der Waals surface area contributed by atoms with Crippen molar-refractivity contribution in [1.29, 1.82) is 0 Å². The molecular formula is C14H16O. The number of unbranched alkanes of at least 4 members (excludes halogenated alkanes) is 1. The molecule has 0 heterocycles. The third-order valence-corrected chi connectivity index (χ3v) is 2.30. The van der Waals surface area contributed by atoms with E-state index in [2.05, 4.69) is 5.92 Å². The molecule has 15 heavy (non-hydrogen) atoms. The van der Waals surface area contributed by atoms with Gasteiger partial charge >= 0.3 is 0 Å². The Morgan fingerprint density at radius 2 is 2.00 bits per heavy atom. The molecule has 0 spiro atoms. The molecule has 0 aliphatic carbocycles. The molecule has 0 bridgehead atoms. The van der Waals surface area contributed by atoms with E-state index in [1.807, 2.05) is 31.2 Å². The van der Waals surface area contributed by atoms with Crippen LogP contribution in [0.15, 0.2) is 24.3 Å². The second-order valence-electron chi connectivity index (χ2n) is 3.76. The quantitative estimate of drug-likeness (QED) is 0.527. The smallest absolute Gasteiger partial charge is 0.137 e. The molecule has 0 N–H and O–H groups in total. The summed E-state index contributed by atoms with van der Waals surface area (Å²) < 4.78 is 0. The fraction of sp³-hybridized carbons (Fsp3) is 0.357. The first-order valence-electron chi connectivity index (χ1n) is 5.23. The van der Waals surface area contributed by atoms with Gasteiger partial charge in [-0.1, -0.05) is 29.8 Å². The van der Waals surface area contributed by atoms with Crippen LogP contribution >= 0.6 is 0 Å². The average Bonchev–Trinajstić information content (AvgIpc) is 2.22. The molecule has 1 aromatic carbocycles. The zero-order valence-electron chi connectivity index (χ0n) is 9.12. The van der Waals surface area contributed by atoms with Gasteiger partial charge in [-0.25, -0.2) is 0 Å². The van der Waals surface area contributed by atoms with Crippen molar-refractivity contribution in [3.8, 4) is 12.3 Å². The number of benzene rings is 1. The highest BCUT2D eigenvalue weighted by Gasteiger charge is 2.02. The largest absolute Gasteiger partial charge is 0.299 e. The lowest BCUT2D eigenvalue weighted by Crippen LogP contribution is -2.02. The fourth-order valence-corrected chi connectivity index (χ4v) is 1.41. The van der Waals surface area contributed by atoms with Crippen LogP contribution < -0.4 is 0 Å². The lowest BCUT2D eigenvalue weighted by atomic mass is 10.0. The molecule has 0 saturated carbocycles. The Labute approximate surface area is 91.5 Å². The first kappa shape index (κ1) is 11.5. The maximum absolute atomic E-state index is 11.5. The molecule has 0 unspecified atom stereocenters. The van der Waals surface area contributed by atoms with Gasteiger partial charge in [0.25, 0.3) is 0 Å². The summed E-state index contributed by atoms with van der Waals surface area (Å²) in [6.07, 6.45) is 7.75. The van der Waals surface area contributed by atoms with Gasteiger partial charge in [0.1, 0.15) is 5.78 Å². The van der Waals surface area contributed by atoms with Crippen molar-refractivity contribution in [2.24, 2.45) is 0 Å². The van der Waals surface area contributed by atoms with Crippen LogP contribution in [-0.2, 0) is 11.2 Å². The summed E-state index contributed by atoms with van der Waals surface area (Å²) in [6, 6.07) is 8.08. The Kier molecular flexibility index (Phi) is 4.63. The minimum atomic E-state index is 0.272. The van der Waals surface area contributed by atoms with E-state index < -0.39 is 0 Å². The van der Waals surface area contributed by atoms with E-state index in [0.29, 0.717) is 19.3 Å². The van der Waals surface area contributed by atoms with Gasteiger partial charge in [-0.15, -0.1) is 12.3 Å². The highest BCUT2D eigenvalue weighted by molar-refractivity contribution is 5.80. The van der Waals surface area contributed by atoms with Crippen molar-refractivity contribution >= 4 is 5.78 Å². The third-order valence-electron chi connectivity index (χ3n) is 2.30. The summed E-state index contributed by atoms with van der Waals surface area (Å²) in [6.45, 7) is 2.04. The van der Waals surface area contributed by atoms with Gasteiger partial charge in [0.15, 0.2) is 0 Å². The summed E-state index contributed by atoms with van der Waals surface area (Å²) in [5.74, 6) is 2.81. The van der Waals surface area contributed by atoms with Gasteiger partial charge < -0.3 is 0 Å². The number of ketones is 1. The molecule has 0 aromatic heterocycles. The summed E-state index contributed by atoms with van der Waals surface area (Å²) in [5.41, 5.74) is 2.31. The van der Waals surface area contributed by atoms with Crippen molar-refractivity contribution in [3.63, 3.8) is 0 Å². The predicted molar refractivity (Wildman–Crippen MR) is 62.6 cm³/mol. The molecule has 0 aliphatic rings. The van der Waals surface area contributed by atoms with E-state index in [1.54, 1.807) is 0 Å². The fourth-order valence-electron chi connectivity index (χ4n) is 1.41. The van der Waals surface area contributed by atoms with Crippen molar-refractivity contribution in [2.75, 3.05) is 0 Å². The average molecular weight is 200 g/mol. The summed E-state index contributed by atoms with van der Waals surface area (Å²) in [4.78, 5) is 11.5. The predicted octanol–water partition coefficient (Wildman–Crippen LogP) is 2.91. The standard InChI is InChI=1S/C14H16O/c1-3-4-5-6-14(15)11-13-9-7-12(2)8-10-13/h1,7-10H,4-6,11H2,2H3. The SMILES string of the molecule is C#CCCCC(=O)Cc1ccc(C)cc1. The number of rotatable bonds is 5. The van der Waals surface area contributed by atoms with Crippen molar-refractivity contribution in [1.82, 2.24) is 0 Å². The van der Waals surface area contributed by atoms with Crippen molar-refractivity contribution in [3.05, 3.63) is 35.4 Å². The van der Waals surface area contributed by atoms with E-state index in [0.717, 1.165) is 12.0 Å². The molecule has 78 valence electrons. The Balaban J connectivity index is 2.38. The molecule has 0 saturated heterocycles. The van der Waals surface area contributed by atoms with Gasteiger partial charge in [0, 0.05) is 19.3 Å². The van der Waals surface area contributed by atoms with Gasteiger partial charge in [0.05, 0.1) is 0 Å². The minimum Gasteiger partial charge on any atom is -0.299 e. The summed E-state index contributed by atoms with van der Waals surface area (Å²) in [5, 5.41) is 0. The Morgan fingerprint density at radius 3 is 2.60 bits per heavy atom. The lowest BCUT2D eigenvalue weighted by Gasteiger charge is -2.00. The van der Waals surface area contributed by atoms with E-state index in [9.17, 15) is 4.79 Å². The number of terminal acetylenes is 1. The normalized spacial score (nSPS) is 9.60. The number of carbonyl (C=O) groups is 1. The molecule has 1 rings (SSSR count). The van der Waals surface area contributed by atoms with E-state index in [4.69, 9.17) is 6.42 Å². The molecule has 0 fully saturated rings. The van der Waals surface area contributed by atoms with Crippen LogP contribution in [0.1, 0.15) is 30.4 Å². The maximum Gasteiger partial charge on any atom is 0.137 e. The second kappa shape index (κ2) is 6.03. The van der Waals surface area contributed by atoms with Crippen LogP contribution in [0, 0.1) is 19.3 Å². The highest BCUT2D eigenvalue weighted by Crippen LogP contribution is 2.06. The summed E-state index contributed by atoms with van der Waals surface area (Å²) >= 11 is 0. The first-order chi connectivity index (χ1) is 7.22. The van der Waals surface area contributed by atoms with E-state index in [1.165, 1.54) is 5.56 Å². The second-order valence-corrected chi connectivity index (χ2v) is 3.76. The van der Waals surface area contributed by atoms with Crippen LogP contribution in [0.4, 0.5) is 0 Å².